The van der Waals surface area contributed by atoms with Crippen LogP contribution in [0.25, 0.3) is 0 Å². The lowest BCUT2D eigenvalue weighted by Gasteiger charge is -2.41. The van der Waals surface area contributed by atoms with Gasteiger partial charge in [-0.25, -0.2) is 0 Å². The summed E-state index contributed by atoms with van der Waals surface area (Å²) in [4.78, 5) is 14.9. The third-order valence-electron chi connectivity index (χ3n) is 4.61. The lowest BCUT2D eigenvalue weighted by atomic mass is 10.00. The number of fused-ring (bicyclic) bond motifs is 1. The van der Waals surface area contributed by atoms with Gasteiger partial charge in [0.1, 0.15) is 6.17 Å². The average molecular weight is 405 g/mol. The number of nitrogens with one attached hydrogen (secondary N) is 1. The Balaban J connectivity index is 2.16. The SMILES string of the molecule is CC[C@H](C)N1C(=O)c2ccccc2N[C@@H]1c1cc(Br)cc(OC)c1O. The number of aromatic hydroxyl groups is 1. The van der Waals surface area contributed by atoms with Gasteiger partial charge in [-0.3, -0.25) is 4.79 Å². The van der Waals surface area contributed by atoms with E-state index >= 15 is 0 Å². The van der Waals surface area contributed by atoms with Gasteiger partial charge in [0, 0.05) is 21.8 Å². The first kappa shape index (κ1) is 17.6. The number of benzene rings is 2. The van der Waals surface area contributed by atoms with Crippen LogP contribution in [0.1, 0.15) is 42.4 Å². The number of hydrogen-bond donors (Lipinski definition) is 2. The van der Waals surface area contributed by atoms with E-state index in [4.69, 9.17) is 4.74 Å². The fourth-order valence-electron chi connectivity index (χ4n) is 3.11. The van der Waals surface area contributed by atoms with Gasteiger partial charge in [0.25, 0.3) is 5.91 Å². The van der Waals surface area contributed by atoms with Crippen molar-refractivity contribution in [3.05, 3.63) is 52.0 Å². The molecule has 0 saturated carbocycles. The van der Waals surface area contributed by atoms with E-state index in [1.165, 1.54) is 7.11 Å². The Hall–Kier alpha value is -2.21. The van der Waals surface area contributed by atoms with Gasteiger partial charge in [-0.15, -0.1) is 0 Å². The minimum atomic E-state index is -0.483. The van der Waals surface area contributed by atoms with E-state index in [0.717, 1.165) is 16.6 Å². The minimum Gasteiger partial charge on any atom is -0.504 e. The molecule has 0 radical (unpaired) electrons. The highest BCUT2D eigenvalue weighted by atomic mass is 79.9. The minimum absolute atomic E-state index is 0.00253. The summed E-state index contributed by atoms with van der Waals surface area (Å²) >= 11 is 3.45. The van der Waals surface area contributed by atoms with Crippen LogP contribution in [0.2, 0.25) is 0 Å². The maximum atomic E-state index is 13.1. The summed E-state index contributed by atoms with van der Waals surface area (Å²) in [6, 6.07) is 10.9. The molecule has 2 aromatic rings. The highest BCUT2D eigenvalue weighted by Gasteiger charge is 2.37. The number of amides is 1. The molecule has 5 nitrogen and oxygen atoms in total. The molecular weight excluding hydrogens is 384 g/mol. The molecule has 2 N–H and O–H groups in total. The zero-order valence-electron chi connectivity index (χ0n) is 14.4. The quantitative estimate of drug-likeness (QED) is 0.785. The maximum absolute atomic E-state index is 13.1. The molecule has 6 heteroatoms. The molecule has 1 aliphatic heterocycles. The van der Waals surface area contributed by atoms with Crippen molar-refractivity contribution in [2.24, 2.45) is 0 Å². The normalized spacial score (nSPS) is 17.7. The Bertz CT molecular complexity index is 809. The Labute approximate surface area is 155 Å². The molecule has 0 aliphatic carbocycles. The Morgan fingerprint density at radius 1 is 1.36 bits per heavy atom. The number of phenolic OH excluding ortho intramolecular Hbond substituents is 1. The van der Waals surface area contributed by atoms with Crippen LogP contribution >= 0.6 is 15.9 Å². The van der Waals surface area contributed by atoms with Gasteiger partial charge in [-0.2, -0.15) is 0 Å². The topological polar surface area (TPSA) is 61.8 Å². The number of phenols is 1. The number of ether oxygens (including phenoxy) is 1. The molecule has 1 aliphatic rings. The van der Waals surface area contributed by atoms with Gasteiger partial charge in [-0.05, 0) is 37.6 Å². The van der Waals surface area contributed by atoms with Gasteiger partial charge in [0.2, 0.25) is 0 Å². The molecule has 0 saturated heterocycles. The van der Waals surface area contributed by atoms with E-state index in [9.17, 15) is 9.90 Å². The number of para-hydroxylation sites is 1. The lowest BCUT2D eigenvalue weighted by Crippen LogP contribution is -2.47. The molecule has 0 fully saturated rings. The zero-order valence-corrected chi connectivity index (χ0v) is 16.0. The monoisotopic (exact) mass is 404 g/mol. The Morgan fingerprint density at radius 3 is 2.76 bits per heavy atom. The van der Waals surface area contributed by atoms with Gasteiger partial charge < -0.3 is 20.1 Å². The first-order valence-electron chi connectivity index (χ1n) is 8.22. The summed E-state index contributed by atoms with van der Waals surface area (Å²) in [5.74, 6) is 0.345. The smallest absolute Gasteiger partial charge is 0.258 e. The fourth-order valence-corrected chi connectivity index (χ4v) is 3.56. The van der Waals surface area contributed by atoms with Crippen LogP contribution in [0, 0.1) is 0 Å². The average Bonchev–Trinajstić information content (AvgIpc) is 2.62. The van der Waals surface area contributed by atoms with Crippen molar-refractivity contribution < 1.29 is 14.6 Å². The third kappa shape index (κ3) is 3.06. The van der Waals surface area contributed by atoms with Gasteiger partial charge in [0.05, 0.1) is 12.7 Å². The second-order valence-corrected chi connectivity index (χ2v) is 7.02. The maximum Gasteiger partial charge on any atom is 0.258 e. The third-order valence-corrected chi connectivity index (χ3v) is 5.07. The number of anilines is 1. The number of nitrogens with zero attached hydrogens (tertiary/aromatic N) is 1. The Morgan fingerprint density at radius 2 is 2.08 bits per heavy atom. The molecule has 1 amide bonds. The highest BCUT2D eigenvalue weighted by molar-refractivity contribution is 9.10. The molecular formula is C19H21BrN2O3. The summed E-state index contributed by atoms with van der Waals surface area (Å²) in [5.41, 5.74) is 1.99. The standard InChI is InChI=1S/C19H21BrN2O3/c1-4-11(2)22-18(14-9-12(20)10-16(25-3)17(14)23)21-15-8-6-5-7-13(15)19(22)24/h5-11,18,21,23H,4H2,1-3H3/t11-,18-/m0/s1. The summed E-state index contributed by atoms with van der Waals surface area (Å²) in [6.45, 7) is 4.05. The van der Waals surface area contributed by atoms with Crippen LogP contribution in [0.4, 0.5) is 5.69 Å². The van der Waals surface area contributed by atoms with Crippen molar-refractivity contribution in [1.82, 2.24) is 4.90 Å². The van der Waals surface area contributed by atoms with E-state index in [1.54, 1.807) is 11.0 Å². The number of halogens is 1. The molecule has 2 atom stereocenters. The van der Waals surface area contributed by atoms with Gasteiger partial charge in [0.15, 0.2) is 11.5 Å². The fraction of sp³-hybridized carbons (Fsp3) is 0.316. The molecule has 0 aromatic heterocycles. The molecule has 3 rings (SSSR count). The largest absolute Gasteiger partial charge is 0.504 e. The van der Waals surface area contributed by atoms with Gasteiger partial charge >= 0.3 is 0 Å². The molecule has 25 heavy (non-hydrogen) atoms. The second kappa shape index (κ2) is 6.96. The van der Waals surface area contributed by atoms with Crippen LogP contribution in [-0.4, -0.2) is 29.1 Å². The van der Waals surface area contributed by atoms with Crippen molar-refractivity contribution in [3.63, 3.8) is 0 Å². The number of carbonyl (C=O) groups excluding carboxylic acids is 1. The second-order valence-electron chi connectivity index (χ2n) is 6.11. The van der Waals surface area contributed by atoms with Crippen molar-refractivity contribution in [2.75, 3.05) is 12.4 Å². The Kier molecular flexibility index (Phi) is 4.90. The summed E-state index contributed by atoms with van der Waals surface area (Å²) in [5, 5.41) is 14.0. The molecule has 0 unspecified atom stereocenters. The van der Waals surface area contributed by atoms with E-state index in [2.05, 4.69) is 21.2 Å². The zero-order chi connectivity index (χ0) is 18.1. The van der Waals surface area contributed by atoms with E-state index in [0.29, 0.717) is 16.9 Å². The van der Waals surface area contributed by atoms with E-state index in [1.807, 2.05) is 44.2 Å². The van der Waals surface area contributed by atoms with Crippen LogP contribution in [-0.2, 0) is 0 Å². The number of carbonyl (C=O) groups is 1. The van der Waals surface area contributed by atoms with Crippen molar-refractivity contribution in [2.45, 2.75) is 32.5 Å². The number of hydrogen-bond acceptors (Lipinski definition) is 4. The van der Waals surface area contributed by atoms with Crippen LogP contribution in [0.15, 0.2) is 40.9 Å². The summed E-state index contributed by atoms with van der Waals surface area (Å²) < 4.78 is 6.04. The first-order valence-corrected chi connectivity index (χ1v) is 9.01. The highest BCUT2D eigenvalue weighted by Crippen LogP contribution is 2.42. The molecule has 2 aromatic carbocycles. The molecule has 0 spiro atoms. The first-order chi connectivity index (χ1) is 12.0. The van der Waals surface area contributed by atoms with E-state index < -0.39 is 6.17 Å². The van der Waals surface area contributed by atoms with Crippen LogP contribution in [0.3, 0.4) is 0 Å². The predicted octanol–water partition coefficient (Wildman–Crippen LogP) is 4.53. The number of rotatable bonds is 4. The lowest BCUT2D eigenvalue weighted by molar-refractivity contribution is 0.0591. The predicted molar refractivity (Wildman–Crippen MR) is 101 cm³/mol. The molecule has 0 bridgehead atoms. The van der Waals surface area contributed by atoms with Crippen LogP contribution in [0.5, 0.6) is 11.5 Å². The summed E-state index contributed by atoms with van der Waals surface area (Å²) in [6.07, 6.45) is 0.321. The van der Waals surface area contributed by atoms with Crippen molar-refractivity contribution >= 4 is 27.5 Å². The molecule has 132 valence electrons. The van der Waals surface area contributed by atoms with E-state index in [-0.39, 0.29) is 17.7 Å². The van der Waals surface area contributed by atoms with Crippen molar-refractivity contribution in [1.29, 1.82) is 0 Å². The summed E-state index contributed by atoms with van der Waals surface area (Å²) in [7, 11) is 1.51. The van der Waals surface area contributed by atoms with Crippen LogP contribution < -0.4 is 10.1 Å². The number of methoxy groups -OCH3 is 1. The molecule has 1 heterocycles. The van der Waals surface area contributed by atoms with Crippen molar-refractivity contribution in [3.8, 4) is 11.5 Å². The van der Waals surface area contributed by atoms with Gasteiger partial charge in [-0.1, -0.05) is 35.0 Å².